The Labute approximate surface area is 343 Å². The molecule has 0 bridgehead atoms. The van der Waals surface area contributed by atoms with Crippen LogP contribution >= 0.6 is 11.3 Å². The van der Waals surface area contributed by atoms with Gasteiger partial charge in [0.05, 0.1) is 12.1 Å². The number of nitrogens with one attached hydrogen (secondary N) is 1. The fourth-order valence-electron chi connectivity index (χ4n) is 4.71. The average Bonchev–Trinajstić information content (AvgIpc) is 3.62. The van der Waals surface area contributed by atoms with Crippen LogP contribution in [0.2, 0.25) is 0 Å². The van der Waals surface area contributed by atoms with Gasteiger partial charge in [-0.1, -0.05) is 145 Å². The van der Waals surface area contributed by atoms with E-state index < -0.39 is 0 Å². The predicted molar refractivity (Wildman–Crippen MR) is 244 cm³/mol. The quantitative estimate of drug-likeness (QED) is 0.218. The molecule has 5 rings (SSSR count). The normalized spacial score (nSPS) is 12.6. The second kappa shape index (κ2) is 27.3. The summed E-state index contributed by atoms with van der Waals surface area (Å²) in [5.41, 5.74) is 4.62. The number of pyridine rings is 3. The number of hydrogen-bond donors (Lipinski definition) is 1. The monoisotopic (exact) mass is 785 g/mol. The van der Waals surface area contributed by atoms with Crippen molar-refractivity contribution < 1.29 is 9.47 Å². The van der Waals surface area contributed by atoms with Gasteiger partial charge >= 0.3 is 0 Å². The zero-order valence-corrected chi connectivity index (χ0v) is 35.2. The van der Waals surface area contributed by atoms with Crippen molar-refractivity contribution in [2.24, 2.45) is 11.3 Å². The Morgan fingerprint density at radius 1 is 0.727 bits per heavy atom. The Kier molecular flexibility index (Phi) is 28.9. The Morgan fingerprint density at radius 3 is 1.55 bits per heavy atom. The molecule has 5 heterocycles. The Hall–Kier alpha value is -3.36. The molecule has 1 aliphatic heterocycles. The van der Waals surface area contributed by atoms with Gasteiger partial charge in [-0.05, 0) is 63.2 Å². The van der Waals surface area contributed by atoms with Crippen molar-refractivity contribution >= 4 is 11.3 Å². The van der Waals surface area contributed by atoms with Gasteiger partial charge in [0.1, 0.15) is 0 Å². The van der Waals surface area contributed by atoms with E-state index in [1.807, 2.05) is 48.2 Å². The lowest BCUT2D eigenvalue weighted by Gasteiger charge is -2.33. The number of aromatic nitrogens is 4. The molecule has 0 saturated carbocycles. The molecule has 0 aliphatic carbocycles. The number of H-pyrrole nitrogens is 1. The number of ether oxygens (including phenoxy) is 2. The van der Waals surface area contributed by atoms with Gasteiger partial charge in [0.25, 0.3) is 0 Å². The maximum Gasteiger partial charge on any atom is 0.247 e. The molecule has 316 valence electrons. The first-order valence-electron chi connectivity index (χ1n) is 18.1. The summed E-state index contributed by atoms with van der Waals surface area (Å²) < 4.78 is 10.3. The Balaban J connectivity index is -0.000000292. The molecule has 4 aromatic rings. The van der Waals surface area contributed by atoms with Crippen molar-refractivity contribution in [3.8, 4) is 5.88 Å². The first kappa shape index (κ1) is 58.3. The Morgan fingerprint density at radius 2 is 1.25 bits per heavy atom. The van der Waals surface area contributed by atoms with Crippen LogP contribution in [-0.4, -0.2) is 40.3 Å². The second-order valence-corrected chi connectivity index (χ2v) is 18.2. The molecule has 0 radical (unpaired) electrons. The number of methoxy groups -OCH3 is 1. The molecule has 0 unspecified atom stereocenters. The molecule has 0 aromatic carbocycles. The van der Waals surface area contributed by atoms with Crippen molar-refractivity contribution in [2.75, 3.05) is 20.3 Å². The van der Waals surface area contributed by atoms with Crippen molar-refractivity contribution in [3.05, 3.63) is 105 Å². The molecule has 1 saturated heterocycles. The second-order valence-electron chi connectivity index (χ2n) is 17.3. The first-order valence-corrected chi connectivity index (χ1v) is 19.0. The molecule has 1 fully saturated rings. The smallest absolute Gasteiger partial charge is 0.247 e. The highest BCUT2D eigenvalue weighted by Gasteiger charge is 2.26. The maximum atomic E-state index is 10.7. The van der Waals surface area contributed by atoms with E-state index in [2.05, 4.69) is 123 Å². The lowest BCUT2D eigenvalue weighted by atomic mass is 9.76. The van der Waals surface area contributed by atoms with Crippen molar-refractivity contribution in [2.45, 2.75) is 162 Å². The van der Waals surface area contributed by atoms with Gasteiger partial charge < -0.3 is 14.5 Å². The Bertz CT molecular complexity index is 1500. The summed E-state index contributed by atoms with van der Waals surface area (Å²) >= 11 is 1.72. The number of thiazole rings is 1. The molecule has 0 amide bonds. The molecule has 0 atom stereocenters. The van der Waals surface area contributed by atoms with E-state index >= 15 is 0 Å². The average molecular weight is 785 g/mol. The highest BCUT2D eigenvalue weighted by Crippen LogP contribution is 2.33. The van der Waals surface area contributed by atoms with Gasteiger partial charge in [0.2, 0.25) is 11.4 Å². The lowest BCUT2D eigenvalue weighted by Crippen LogP contribution is -2.27. The molecular formula is C47H84N4O3S. The summed E-state index contributed by atoms with van der Waals surface area (Å²) in [7, 11) is 1.62. The van der Waals surface area contributed by atoms with Crippen LogP contribution < -0.4 is 10.3 Å². The standard InChI is InChI=1S/C10H15NO.C9H13NO.C9H13N.C9H18O.C6H9NS.4CH4/c1-10(2,3)8-5-6-9(12-4)11-7-8;1-9(2,3)7-4-5-8(11)10-6-7;1-9(2,3)8-5-4-6-10-7-8;1-9(2,3)8-4-6-10-7-5-8;1-5(2)6-7-3-4-8-6;;;;/h5-7H,1-4H3;4-6H,1-3H3,(H,10,11);4-7H,1-3H3;8H,4-7H2,1-3H3;3-5H,1-2H3;4*1H4. The predicted octanol–water partition coefficient (Wildman–Crippen LogP) is 13.7. The number of aromatic amines is 1. The van der Waals surface area contributed by atoms with Crippen molar-refractivity contribution in [1.82, 2.24) is 19.9 Å². The summed E-state index contributed by atoms with van der Waals surface area (Å²) in [6.07, 6.45) is 11.7. The first-order chi connectivity index (χ1) is 23.6. The summed E-state index contributed by atoms with van der Waals surface area (Å²) in [5.74, 6) is 2.14. The largest absolute Gasteiger partial charge is 0.481 e. The third-order valence-electron chi connectivity index (χ3n) is 8.38. The highest BCUT2D eigenvalue weighted by molar-refractivity contribution is 7.09. The molecular weight excluding hydrogens is 701 g/mol. The van der Waals surface area contributed by atoms with Crippen molar-refractivity contribution in [1.29, 1.82) is 0 Å². The topological polar surface area (TPSA) is 90.0 Å². The van der Waals surface area contributed by atoms with E-state index in [-0.39, 0.29) is 51.5 Å². The van der Waals surface area contributed by atoms with Gasteiger partial charge in [0, 0.05) is 67.6 Å². The van der Waals surface area contributed by atoms with E-state index in [9.17, 15) is 4.79 Å². The van der Waals surface area contributed by atoms with Crippen LogP contribution in [0.1, 0.15) is 167 Å². The van der Waals surface area contributed by atoms with E-state index in [1.54, 1.807) is 36.9 Å². The number of hydrogen-bond acceptors (Lipinski definition) is 7. The summed E-state index contributed by atoms with van der Waals surface area (Å²) in [6, 6.07) is 11.4. The van der Waals surface area contributed by atoms with E-state index in [0.717, 1.165) is 24.7 Å². The highest BCUT2D eigenvalue weighted by atomic mass is 32.1. The van der Waals surface area contributed by atoms with E-state index in [1.165, 1.54) is 29.0 Å². The molecule has 4 aromatic heterocycles. The number of rotatable bonds is 2. The fraction of sp³-hybridized carbons (Fsp3) is 0.617. The minimum atomic E-state index is -0.0435. The molecule has 8 heteroatoms. The number of nitrogens with zero attached hydrogens (tertiary/aromatic N) is 3. The minimum absolute atomic E-state index is 0. The van der Waals surface area contributed by atoms with Crippen molar-refractivity contribution in [3.63, 3.8) is 0 Å². The molecule has 1 aliphatic rings. The fourth-order valence-corrected chi connectivity index (χ4v) is 5.37. The van der Waals surface area contributed by atoms with Crippen LogP contribution in [0.15, 0.2) is 77.6 Å². The summed E-state index contributed by atoms with van der Waals surface area (Å²) in [4.78, 5) is 25.7. The third-order valence-corrected chi connectivity index (χ3v) is 9.46. The van der Waals surface area contributed by atoms with Gasteiger partial charge in [-0.3, -0.25) is 9.78 Å². The van der Waals surface area contributed by atoms with Crippen LogP contribution in [0, 0.1) is 11.3 Å². The summed E-state index contributed by atoms with van der Waals surface area (Å²) in [6.45, 7) is 32.6. The van der Waals surface area contributed by atoms with Crippen LogP contribution in [0.5, 0.6) is 5.88 Å². The zero-order chi connectivity index (χ0) is 38.9. The van der Waals surface area contributed by atoms with Crippen LogP contribution in [-0.2, 0) is 21.0 Å². The van der Waals surface area contributed by atoms with Gasteiger partial charge in [-0.25, -0.2) is 9.97 Å². The molecule has 55 heavy (non-hydrogen) atoms. The van der Waals surface area contributed by atoms with Crippen LogP contribution in [0.3, 0.4) is 0 Å². The van der Waals surface area contributed by atoms with Crippen LogP contribution in [0.25, 0.3) is 0 Å². The molecule has 1 N–H and O–H groups in total. The lowest BCUT2D eigenvalue weighted by molar-refractivity contribution is 0.0286. The molecule has 7 nitrogen and oxygen atoms in total. The van der Waals surface area contributed by atoms with E-state index in [0.29, 0.717) is 17.2 Å². The van der Waals surface area contributed by atoms with Gasteiger partial charge in [0.15, 0.2) is 0 Å². The zero-order valence-electron chi connectivity index (χ0n) is 34.4. The summed E-state index contributed by atoms with van der Waals surface area (Å²) in [5, 5.41) is 3.24. The van der Waals surface area contributed by atoms with Gasteiger partial charge in [-0.2, -0.15) is 0 Å². The molecule has 0 spiro atoms. The van der Waals surface area contributed by atoms with E-state index in [4.69, 9.17) is 9.47 Å². The minimum Gasteiger partial charge on any atom is -0.481 e. The van der Waals surface area contributed by atoms with Crippen LogP contribution in [0.4, 0.5) is 0 Å². The SMILES string of the molecule is C.C.C.C.CC(C)(C)C1CCOCC1.CC(C)(C)c1ccc(=O)[nH]c1.CC(C)(C)c1cccnc1.CC(C)c1nccs1.COc1ccc(C(C)(C)C)cn1. The van der Waals surface area contributed by atoms with Gasteiger partial charge in [-0.15, -0.1) is 11.3 Å². The maximum absolute atomic E-state index is 10.7. The third kappa shape index (κ3) is 24.7.